The van der Waals surface area contributed by atoms with Crippen LogP contribution in [0.25, 0.3) is 0 Å². The summed E-state index contributed by atoms with van der Waals surface area (Å²) in [4.78, 5) is 0. The van der Waals surface area contributed by atoms with E-state index >= 15 is 0 Å². The van der Waals surface area contributed by atoms with E-state index in [-0.39, 0.29) is 5.54 Å². The van der Waals surface area contributed by atoms with Crippen LogP contribution in [0.4, 0.5) is 0 Å². The predicted molar refractivity (Wildman–Crippen MR) is 77.7 cm³/mol. The zero-order valence-corrected chi connectivity index (χ0v) is 12.1. The molecule has 1 N–H and O–H groups in total. The molecule has 1 aliphatic heterocycles. The standard InChI is InChI=1S/C15H23NS/c1-5-12-6-8-13(9-7-12)14-11(2)17-10-15(3,4)16-14/h6-9,11,14,16H,5,10H2,1-4H3. The fourth-order valence-corrected chi connectivity index (χ4v) is 3.51. The van der Waals surface area contributed by atoms with E-state index in [0.717, 1.165) is 6.42 Å². The average Bonchev–Trinajstić information content (AvgIpc) is 2.33. The molecule has 17 heavy (non-hydrogen) atoms. The number of thioether (sulfide) groups is 1. The summed E-state index contributed by atoms with van der Waals surface area (Å²) in [6.45, 7) is 9.11. The van der Waals surface area contributed by atoms with Crippen molar-refractivity contribution in [2.75, 3.05) is 5.75 Å². The van der Waals surface area contributed by atoms with Crippen molar-refractivity contribution in [1.29, 1.82) is 0 Å². The van der Waals surface area contributed by atoms with Gasteiger partial charge in [-0.3, -0.25) is 0 Å². The Kier molecular flexibility index (Phi) is 3.84. The van der Waals surface area contributed by atoms with Crippen LogP contribution in [0.15, 0.2) is 24.3 Å². The monoisotopic (exact) mass is 249 g/mol. The van der Waals surface area contributed by atoms with Crippen LogP contribution >= 0.6 is 11.8 Å². The number of nitrogens with one attached hydrogen (secondary N) is 1. The first-order valence-electron chi connectivity index (χ1n) is 6.50. The van der Waals surface area contributed by atoms with Crippen LogP contribution in [0.3, 0.4) is 0 Å². The van der Waals surface area contributed by atoms with E-state index in [0.29, 0.717) is 11.3 Å². The van der Waals surface area contributed by atoms with Gasteiger partial charge in [-0.2, -0.15) is 11.8 Å². The Labute approximate surface area is 109 Å². The van der Waals surface area contributed by atoms with Crippen molar-refractivity contribution in [2.24, 2.45) is 0 Å². The normalized spacial score (nSPS) is 28.0. The maximum Gasteiger partial charge on any atom is 0.0442 e. The molecule has 1 aromatic carbocycles. The third kappa shape index (κ3) is 3.05. The minimum absolute atomic E-state index is 0.241. The fraction of sp³-hybridized carbons (Fsp3) is 0.600. The van der Waals surface area contributed by atoms with Gasteiger partial charge in [0.15, 0.2) is 0 Å². The van der Waals surface area contributed by atoms with Gasteiger partial charge in [0.25, 0.3) is 0 Å². The van der Waals surface area contributed by atoms with Crippen molar-refractivity contribution in [3.63, 3.8) is 0 Å². The fourth-order valence-electron chi connectivity index (χ4n) is 2.33. The summed E-state index contributed by atoms with van der Waals surface area (Å²) in [6, 6.07) is 9.57. The largest absolute Gasteiger partial charge is 0.303 e. The Bertz CT molecular complexity index is 369. The highest BCUT2D eigenvalue weighted by molar-refractivity contribution is 8.00. The number of hydrogen-bond acceptors (Lipinski definition) is 2. The van der Waals surface area contributed by atoms with Crippen molar-refractivity contribution < 1.29 is 0 Å². The topological polar surface area (TPSA) is 12.0 Å². The number of rotatable bonds is 2. The molecule has 1 saturated heterocycles. The van der Waals surface area contributed by atoms with Crippen LogP contribution in [0.2, 0.25) is 0 Å². The lowest BCUT2D eigenvalue weighted by molar-refractivity contribution is 0.352. The number of aryl methyl sites for hydroxylation is 1. The molecule has 0 aromatic heterocycles. The van der Waals surface area contributed by atoms with Gasteiger partial charge >= 0.3 is 0 Å². The molecule has 94 valence electrons. The molecular weight excluding hydrogens is 226 g/mol. The highest BCUT2D eigenvalue weighted by Gasteiger charge is 2.32. The summed E-state index contributed by atoms with van der Waals surface area (Å²) < 4.78 is 0. The van der Waals surface area contributed by atoms with Gasteiger partial charge in [0.05, 0.1) is 0 Å². The summed E-state index contributed by atoms with van der Waals surface area (Å²) >= 11 is 2.08. The van der Waals surface area contributed by atoms with Gasteiger partial charge in [-0.25, -0.2) is 0 Å². The first kappa shape index (κ1) is 13.0. The first-order chi connectivity index (χ1) is 8.02. The Morgan fingerprint density at radius 2 is 1.94 bits per heavy atom. The van der Waals surface area contributed by atoms with Crippen LogP contribution < -0.4 is 5.32 Å². The molecule has 2 atom stereocenters. The molecular formula is C15H23NS. The summed E-state index contributed by atoms with van der Waals surface area (Å²) in [5.74, 6) is 1.19. The first-order valence-corrected chi connectivity index (χ1v) is 7.55. The predicted octanol–water partition coefficient (Wildman–Crippen LogP) is 3.79. The van der Waals surface area contributed by atoms with Crippen molar-refractivity contribution in [3.8, 4) is 0 Å². The smallest absolute Gasteiger partial charge is 0.0442 e. The van der Waals surface area contributed by atoms with E-state index in [2.05, 4.69) is 69.0 Å². The SMILES string of the molecule is CCc1ccc(C2NC(C)(C)CSC2C)cc1. The second kappa shape index (κ2) is 5.03. The van der Waals surface area contributed by atoms with E-state index in [1.807, 2.05) is 0 Å². The minimum Gasteiger partial charge on any atom is -0.303 e. The van der Waals surface area contributed by atoms with Gasteiger partial charge in [0.2, 0.25) is 0 Å². The second-order valence-corrected chi connectivity index (χ2v) is 6.98. The summed E-state index contributed by atoms with van der Waals surface area (Å²) in [7, 11) is 0. The minimum atomic E-state index is 0.241. The molecule has 1 heterocycles. The van der Waals surface area contributed by atoms with Crippen molar-refractivity contribution >= 4 is 11.8 Å². The van der Waals surface area contributed by atoms with Crippen molar-refractivity contribution in [2.45, 2.75) is 50.9 Å². The van der Waals surface area contributed by atoms with E-state index in [1.54, 1.807) is 0 Å². The highest BCUT2D eigenvalue weighted by Crippen LogP contribution is 2.35. The zero-order chi connectivity index (χ0) is 12.5. The molecule has 1 aromatic rings. The molecule has 0 saturated carbocycles. The lowest BCUT2D eigenvalue weighted by Gasteiger charge is -2.41. The van der Waals surface area contributed by atoms with Crippen LogP contribution in [-0.4, -0.2) is 16.5 Å². The average molecular weight is 249 g/mol. The van der Waals surface area contributed by atoms with Gasteiger partial charge in [0, 0.05) is 22.6 Å². The van der Waals surface area contributed by atoms with Gasteiger partial charge in [0.1, 0.15) is 0 Å². The van der Waals surface area contributed by atoms with Crippen LogP contribution in [0.1, 0.15) is 44.9 Å². The Morgan fingerprint density at radius 1 is 1.29 bits per heavy atom. The zero-order valence-electron chi connectivity index (χ0n) is 11.3. The Morgan fingerprint density at radius 3 is 2.53 bits per heavy atom. The summed E-state index contributed by atoms with van der Waals surface area (Å²) in [5.41, 5.74) is 3.09. The van der Waals surface area contributed by atoms with E-state index < -0.39 is 0 Å². The lowest BCUT2D eigenvalue weighted by atomic mass is 9.97. The lowest BCUT2D eigenvalue weighted by Crippen LogP contribution is -2.50. The number of benzene rings is 1. The quantitative estimate of drug-likeness (QED) is 0.856. The molecule has 0 spiro atoms. The van der Waals surface area contributed by atoms with Gasteiger partial charge in [-0.05, 0) is 31.4 Å². The molecule has 0 bridgehead atoms. The third-order valence-corrected chi connectivity index (χ3v) is 5.16. The van der Waals surface area contributed by atoms with Crippen molar-refractivity contribution in [1.82, 2.24) is 5.32 Å². The Balaban J connectivity index is 2.18. The molecule has 1 fully saturated rings. The van der Waals surface area contributed by atoms with Crippen LogP contribution in [0, 0.1) is 0 Å². The van der Waals surface area contributed by atoms with Gasteiger partial charge < -0.3 is 5.32 Å². The van der Waals surface area contributed by atoms with E-state index in [9.17, 15) is 0 Å². The van der Waals surface area contributed by atoms with Crippen molar-refractivity contribution in [3.05, 3.63) is 35.4 Å². The van der Waals surface area contributed by atoms with E-state index in [1.165, 1.54) is 16.9 Å². The molecule has 0 aliphatic carbocycles. The maximum atomic E-state index is 3.78. The molecule has 1 nitrogen and oxygen atoms in total. The summed E-state index contributed by atoms with van der Waals surface area (Å²) in [6.07, 6.45) is 1.12. The molecule has 0 amide bonds. The molecule has 2 heteroatoms. The van der Waals surface area contributed by atoms with E-state index in [4.69, 9.17) is 0 Å². The maximum absolute atomic E-state index is 3.78. The van der Waals surface area contributed by atoms with Gasteiger partial charge in [-0.15, -0.1) is 0 Å². The Hall–Kier alpha value is -0.470. The summed E-state index contributed by atoms with van der Waals surface area (Å²) in [5, 5.41) is 4.42. The van der Waals surface area contributed by atoms with Gasteiger partial charge in [-0.1, -0.05) is 38.1 Å². The van der Waals surface area contributed by atoms with Crippen LogP contribution in [0.5, 0.6) is 0 Å². The third-order valence-electron chi connectivity index (χ3n) is 3.47. The van der Waals surface area contributed by atoms with Crippen LogP contribution in [-0.2, 0) is 6.42 Å². The molecule has 1 aliphatic rings. The molecule has 2 rings (SSSR count). The highest BCUT2D eigenvalue weighted by atomic mass is 32.2. The second-order valence-electron chi connectivity index (χ2n) is 5.62. The molecule has 2 unspecified atom stereocenters. The molecule has 0 radical (unpaired) electrons. The number of hydrogen-bond donors (Lipinski definition) is 1.